The van der Waals surface area contributed by atoms with E-state index in [9.17, 15) is 0 Å². The van der Waals surface area contributed by atoms with Crippen molar-refractivity contribution >= 4 is 15.9 Å². The minimum absolute atomic E-state index is 0.223. The second-order valence-corrected chi connectivity index (χ2v) is 6.64. The Bertz CT molecular complexity index is 602. The lowest BCUT2D eigenvalue weighted by Gasteiger charge is -2.38. The van der Waals surface area contributed by atoms with Crippen molar-refractivity contribution in [2.45, 2.75) is 19.4 Å². The third-order valence-corrected chi connectivity index (χ3v) is 4.50. The molecule has 1 aromatic heterocycles. The van der Waals surface area contributed by atoms with Gasteiger partial charge in [-0.1, -0.05) is 21.1 Å². The lowest BCUT2D eigenvalue weighted by molar-refractivity contribution is 0.0925. The van der Waals surface area contributed by atoms with E-state index in [4.69, 9.17) is 4.52 Å². The van der Waals surface area contributed by atoms with Crippen LogP contribution >= 0.6 is 15.9 Å². The molecule has 6 heteroatoms. The van der Waals surface area contributed by atoms with E-state index in [1.54, 1.807) is 0 Å². The fourth-order valence-corrected chi connectivity index (χ4v) is 2.81. The third kappa shape index (κ3) is 3.02. The van der Waals surface area contributed by atoms with E-state index in [-0.39, 0.29) is 5.54 Å². The molecule has 112 valence electrons. The predicted octanol–water partition coefficient (Wildman–Crippen LogP) is 2.64. The van der Waals surface area contributed by atoms with Crippen LogP contribution in [0.25, 0.3) is 11.5 Å². The molecule has 3 rings (SSSR count). The van der Waals surface area contributed by atoms with Crippen LogP contribution in [-0.2, 0) is 5.54 Å². The molecular weight excluding hydrogens is 332 g/mol. The first kappa shape index (κ1) is 14.7. The third-order valence-electron chi connectivity index (χ3n) is 3.97. The van der Waals surface area contributed by atoms with Crippen LogP contribution in [0.2, 0.25) is 0 Å². The molecule has 5 nitrogen and oxygen atoms in total. The fraction of sp³-hybridized carbons (Fsp3) is 0.467. The lowest BCUT2D eigenvalue weighted by atomic mass is 10.0. The summed E-state index contributed by atoms with van der Waals surface area (Å²) in [4.78, 5) is 6.99. The number of halogens is 1. The van der Waals surface area contributed by atoms with Crippen molar-refractivity contribution in [1.82, 2.24) is 20.4 Å². The van der Waals surface area contributed by atoms with E-state index < -0.39 is 0 Å². The van der Waals surface area contributed by atoms with Crippen molar-refractivity contribution in [2.75, 3.05) is 26.2 Å². The Labute approximate surface area is 132 Å². The van der Waals surface area contributed by atoms with Crippen LogP contribution in [0.1, 0.15) is 19.7 Å². The van der Waals surface area contributed by atoms with Gasteiger partial charge in [-0.15, -0.1) is 0 Å². The maximum atomic E-state index is 5.45. The van der Waals surface area contributed by atoms with Gasteiger partial charge in [0, 0.05) is 36.2 Å². The molecule has 0 amide bonds. The Morgan fingerprint density at radius 1 is 1.19 bits per heavy atom. The van der Waals surface area contributed by atoms with Gasteiger partial charge in [0.2, 0.25) is 0 Å². The van der Waals surface area contributed by atoms with Crippen LogP contribution in [0.3, 0.4) is 0 Å². The van der Waals surface area contributed by atoms with Crippen molar-refractivity contribution in [3.05, 3.63) is 34.6 Å². The van der Waals surface area contributed by atoms with Crippen LogP contribution in [-0.4, -0.2) is 41.2 Å². The van der Waals surface area contributed by atoms with Crippen molar-refractivity contribution in [2.24, 2.45) is 0 Å². The molecule has 2 heterocycles. The van der Waals surface area contributed by atoms with E-state index in [2.05, 4.69) is 50.1 Å². The monoisotopic (exact) mass is 350 g/mol. The van der Waals surface area contributed by atoms with Crippen molar-refractivity contribution in [3.8, 4) is 11.5 Å². The number of benzene rings is 1. The normalized spacial score (nSPS) is 17.1. The molecule has 1 aromatic carbocycles. The molecule has 1 saturated heterocycles. The second kappa shape index (κ2) is 5.87. The molecule has 21 heavy (non-hydrogen) atoms. The molecule has 1 N–H and O–H groups in total. The fourth-order valence-electron chi connectivity index (χ4n) is 2.55. The van der Waals surface area contributed by atoms with Gasteiger partial charge in [0.15, 0.2) is 5.82 Å². The molecule has 1 aliphatic heterocycles. The van der Waals surface area contributed by atoms with Gasteiger partial charge in [-0.3, -0.25) is 4.90 Å². The lowest BCUT2D eigenvalue weighted by Crippen LogP contribution is -2.52. The molecule has 0 unspecified atom stereocenters. The minimum atomic E-state index is -0.223. The SMILES string of the molecule is CC(C)(c1noc(-c2ccc(Br)cc2)n1)N1CCNCC1. The van der Waals surface area contributed by atoms with Crippen molar-refractivity contribution in [1.29, 1.82) is 0 Å². The summed E-state index contributed by atoms with van der Waals surface area (Å²) in [7, 11) is 0. The number of hydrogen-bond acceptors (Lipinski definition) is 5. The average molecular weight is 351 g/mol. The van der Waals surface area contributed by atoms with E-state index in [1.165, 1.54) is 0 Å². The number of aromatic nitrogens is 2. The Morgan fingerprint density at radius 3 is 2.52 bits per heavy atom. The molecule has 0 bridgehead atoms. The average Bonchev–Trinajstić information content (AvgIpc) is 2.99. The Hall–Kier alpha value is -1.24. The van der Waals surface area contributed by atoms with Crippen molar-refractivity contribution < 1.29 is 4.52 Å². The number of nitrogens with zero attached hydrogens (tertiary/aromatic N) is 3. The van der Waals surface area contributed by atoms with Crippen LogP contribution < -0.4 is 5.32 Å². The zero-order valence-electron chi connectivity index (χ0n) is 12.3. The van der Waals surface area contributed by atoms with Gasteiger partial charge in [-0.05, 0) is 38.1 Å². The van der Waals surface area contributed by atoms with Gasteiger partial charge in [-0.25, -0.2) is 0 Å². The van der Waals surface area contributed by atoms with Crippen LogP contribution in [0.15, 0.2) is 33.3 Å². The highest BCUT2D eigenvalue weighted by Crippen LogP contribution is 2.28. The molecular formula is C15H19BrN4O. The summed E-state index contributed by atoms with van der Waals surface area (Å²) in [6, 6.07) is 7.89. The smallest absolute Gasteiger partial charge is 0.257 e. The molecule has 0 aliphatic carbocycles. The summed E-state index contributed by atoms with van der Waals surface area (Å²) >= 11 is 3.43. The number of rotatable bonds is 3. The Balaban J connectivity index is 1.84. The summed E-state index contributed by atoms with van der Waals surface area (Å²) in [5.41, 5.74) is 0.715. The highest BCUT2D eigenvalue weighted by atomic mass is 79.9. The predicted molar refractivity (Wildman–Crippen MR) is 84.9 cm³/mol. The standard InChI is InChI=1S/C15H19BrN4O/c1-15(2,20-9-7-17-8-10-20)14-18-13(21-19-14)11-3-5-12(16)6-4-11/h3-6,17H,7-10H2,1-2H3. The molecule has 0 spiro atoms. The Morgan fingerprint density at radius 2 is 1.86 bits per heavy atom. The van der Waals surface area contributed by atoms with E-state index in [0.717, 1.165) is 42.0 Å². The molecule has 1 fully saturated rings. The van der Waals surface area contributed by atoms with Crippen LogP contribution in [0.5, 0.6) is 0 Å². The number of nitrogens with one attached hydrogen (secondary N) is 1. The first-order valence-electron chi connectivity index (χ1n) is 7.13. The first-order valence-corrected chi connectivity index (χ1v) is 7.92. The first-order chi connectivity index (χ1) is 10.1. The molecule has 2 aromatic rings. The van der Waals surface area contributed by atoms with Crippen LogP contribution in [0, 0.1) is 0 Å². The summed E-state index contributed by atoms with van der Waals surface area (Å²) in [5.74, 6) is 1.31. The van der Waals surface area contributed by atoms with E-state index in [0.29, 0.717) is 5.89 Å². The summed E-state index contributed by atoms with van der Waals surface area (Å²) in [6.45, 7) is 8.29. The maximum absolute atomic E-state index is 5.45. The van der Waals surface area contributed by atoms with E-state index >= 15 is 0 Å². The number of piperazine rings is 1. The van der Waals surface area contributed by atoms with Gasteiger partial charge in [0.25, 0.3) is 5.89 Å². The van der Waals surface area contributed by atoms with Crippen molar-refractivity contribution in [3.63, 3.8) is 0 Å². The summed E-state index contributed by atoms with van der Waals surface area (Å²) in [6.07, 6.45) is 0. The minimum Gasteiger partial charge on any atom is -0.334 e. The molecule has 0 saturated carbocycles. The van der Waals surface area contributed by atoms with Crippen LogP contribution in [0.4, 0.5) is 0 Å². The zero-order chi connectivity index (χ0) is 14.9. The number of hydrogen-bond donors (Lipinski definition) is 1. The second-order valence-electron chi connectivity index (χ2n) is 5.73. The molecule has 1 aliphatic rings. The summed E-state index contributed by atoms with van der Waals surface area (Å²) < 4.78 is 6.48. The quantitative estimate of drug-likeness (QED) is 0.921. The largest absolute Gasteiger partial charge is 0.334 e. The molecule has 0 radical (unpaired) electrons. The van der Waals surface area contributed by atoms with Gasteiger partial charge in [-0.2, -0.15) is 4.98 Å². The zero-order valence-corrected chi connectivity index (χ0v) is 13.9. The molecule has 0 atom stereocenters. The van der Waals surface area contributed by atoms with Gasteiger partial charge < -0.3 is 9.84 Å². The summed E-state index contributed by atoms with van der Waals surface area (Å²) in [5, 5.41) is 7.57. The highest BCUT2D eigenvalue weighted by Gasteiger charge is 2.34. The highest BCUT2D eigenvalue weighted by molar-refractivity contribution is 9.10. The maximum Gasteiger partial charge on any atom is 0.257 e. The Kier molecular flexibility index (Phi) is 4.10. The topological polar surface area (TPSA) is 54.2 Å². The van der Waals surface area contributed by atoms with Gasteiger partial charge in [0.1, 0.15) is 0 Å². The van der Waals surface area contributed by atoms with Gasteiger partial charge in [0.05, 0.1) is 5.54 Å². The van der Waals surface area contributed by atoms with Gasteiger partial charge >= 0.3 is 0 Å². The van der Waals surface area contributed by atoms with E-state index in [1.807, 2.05) is 24.3 Å².